The second-order valence-corrected chi connectivity index (χ2v) is 3.06. The first-order chi connectivity index (χ1) is 5.86. The Hall–Kier alpha value is -0.870. The molecule has 1 atom stereocenters. The van der Waals surface area contributed by atoms with Gasteiger partial charge < -0.3 is 10.6 Å². The van der Waals surface area contributed by atoms with Crippen LogP contribution in [0.1, 0.15) is 6.42 Å². The first kappa shape index (κ1) is 10.2. The summed E-state index contributed by atoms with van der Waals surface area (Å²) in [7, 11) is 0. The maximum Gasteiger partial charge on any atom is 0.131 e. The van der Waals surface area contributed by atoms with Gasteiger partial charge >= 0.3 is 0 Å². The van der Waals surface area contributed by atoms with Crippen LogP contribution in [0.5, 0.6) is 0 Å². The van der Waals surface area contributed by atoms with Gasteiger partial charge in [-0.25, -0.2) is 9.97 Å². The summed E-state index contributed by atoms with van der Waals surface area (Å²) in [5, 5.41) is 0. The molecule has 2 N–H and O–H groups in total. The number of rotatable bonds is 1. The van der Waals surface area contributed by atoms with Gasteiger partial charge in [-0.1, -0.05) is 0 Å². The van der Waals surface area contributed by atoms with Crippen LogP contribution >= 0.6 is 12.4 Å². The van der Waals surface area contributed by atoms with E-state index in [0.717, 1.165) is 25.3 Å². The topological polar surface area (TPSA) is 55.0 Å². The van der Waals surface area contributed by atoms with E-state index in [-0.39, 0.29) is 12.4 Å². The summed E-state index contributed by atoms with van der Waals surface area (Å²) < 4.78 is 0. The number of hydrogen-bond acceptors (Lipinski definition) is 4. The van der Waals surface area contributed by atoms with E-state index in [4.69, 9.17) is 5.73 Å². The number of aromatic nitrogens is 2. The molecule has 4 nitrogen and oxygen atoms in total. The van der Waals surface area contributed by atoms with Gasteiger partial charge in [-0.15, -0.1) is 12.4 Å². The van der Waals surface area contributed by atoms with E-state index < -0.39 is 0 Å². The quantitative estimate of drug-likeness (QED) is 0.715. The third-order valence-electron chi connectivity index (χ3n) is 2.12. The molecule has 0 bridgehead atoms. The molecule has 0 aliphatic carbocycles. The Labute approximate surface area is 83.6 Å². The van der Waals surface area contributed by atoms with Crippen molar-refractivity contribution in [1.29, 1.82) is 0 Å². The van der Waals surface area contributed by atoms with Gasteiger partial charge in [0.1, 0.15) is 12.1 Å². The minimum absolute atomic E-state index is 0. The van der Waals surface area contributed by atoms with Crippen molar-refractivity contribution in [2.75, 3.05) is 18.0 Å². The zero-order valence-electron chi connectivity index (χ0n) is 7.26. The molecule has 0 amide bonds. The van der Waals surface area contributed by atoms with Crippen LogP contribution in [0.2, 0.25) is 0 Å². The molecule has 0 unspecified atom stereocenters. The average Bonchev–Trinajstić information content (AvgIpc) is 2.54. The van der Waals surface area contributed by atoms with Crippen LogP contribution in [0.25, 0.3) is 0 Å². The second-order valence-electron chi connectivity index (χ2n) is 3.06. The van der Waals surface area contributed by atoms with Crippen molar-refractivity contribution < 1.29 is 0 Å². The van der Waals surface area contributed by atoms with Crippen LogP contribution in [-0.2, 0) is 0 Å². The largest absolute Gasteiger partial charge is 0.355 e. The highest BCUT2D eigenvalue weighted by atomic mass is 35.5. The third kappa shape index (κ3) is 2.29. The van der Waals surface area contributed by atoms with Gasteiger partial charge in [-0.05, 0) is 12.5 Å². The molecule has 0 radical (unpaired) electrons. The maximum absolute atomic E-state index is 5.78. The second kappa shape index (κ2) is 4.39. The number of anilines is 1. The Kier molecular flexibility index (Phi) is 3.45. The molecule has 1 aliphatic rings. The molecular formula is C8H13ClN4. The fourth-order valence-corrected chi connectivity index (χ4v) is 1.47. The number of hydrogen-bond donors (Lipinski definition) is 1. The Morgan fingerprint density at radius 1 is 1.54 bits per heavy atom. The lowest BCUT2D eigenvalue weighted by atomic mass is 10.3. The predicted octanol–water partition coefficient (Wildman–Crippen LogP) is 0.436. The summed E-state index contributed by atoms with van der Waals surface area (Å²) in [5.74, 6) is 0.984. The van der Waals surface area contributed by atoms with E-state index in [0.29, 0.717) is 6.04 Å². The zero-order valence-corrected chi connectivity index (χ0v) is 8.07. The third-order valence-corrected chi connectivity index (χ3v) is 2.12. The van der Waals surface area contributed by atoms with E-state index in [1.807, 2.05) is 6.07 Å². The molecule has 72 valence electrons. The van der Waals surface area contributed by atoms with Gasteiger partial charge in [0.25, 0.3) is 0 Å². The lowest BCUT2D eigenvalue weighted by Crippen LogP contribution is -2.26. The first-order valence-corrected chi connectivity index (χ1v) is 4.13. The van der Waals surface area contributed by atoms with Crippen LogP contribution in [0, 0.1) is 0 Å². The van der Waals surface area contributed by atoms with Crippen LogP contribution in [0.3, 0.4) is 0 Å². The highest BCUT2D eigenvalue weighted by Gasteiger charge is 2.19. The van der Waals surface area contributed by atoms with Crippen LogP contribution < -0.4 is 10.6 Å². The molecule has 1 saturated heterocycles. The Balaban J connectivity index is 0.000000845. The van der Waals surface area contributed by atoms with Gasteiger partial charge in [0.2, 0.25) is 0 Å². The summed E-state index contributed by atoms with van der Waals surface area (Å²) in [6.45, 7) is 1.93. The zero-order chi connectivity index (χ0) is 8.39. The summed E-state index contributed by atoms with van der Waals surface area (Å²) in [5.41, 5.74) is 5.78. The summed E-state index contributed by atoms with van der Waals surface area (Å²) in [6.07, 6.45) is 4.38. The number of nitrogens with zero attached hydrogens (tertiary/aromatic N) is 3. The Morgan fingerprint density at radius 2 is 2.38 bits per heavy atom. The van der Waals surface area contributed by atoms with Crippen molar-refractivity contribution >= 4 is 18.2 Å². The van der Waals surface area contributed by atoms with E-state index in [9.17, 15) is 0 Å². The van der Waals surface area contributed by atoms with E-state index in [2.05, 4.69) is 14.9 Å². The maximum atomic E-state index is 5.78. The van der Waals surface area contributed by atoms with Gasteiger partial charge in [-0.3, -0.25) is 0 Å². The fourth-order valence-electron chi connectivity index (χ4n) is 1.47. The van der Waals surface area contributed by atoms with Crippen LogP contribution in [0.4, 0.5) is 5.82 Å². The lowest BCUT2D eigenvalue weighted by Gasteiger charge is -2.15. The number of halogens is 1. The first-order valence-electron chi connectivity index (χ1n) is 4.13. The van der Waals surface area contributed by atoms with Crippen molar-refractivity contribution in [3.05, 3.63) is 18.6 Å². The predicted molar refractivity (Wildman–Crippen MR) is 54.1 cm³/mol. The molecule has 1 aromatic rings. The van der Waals surface area contributed by atoms with E-state index >= 15 is 0 Å². The monoisotopic (exact) mass is 200 g/mol. The van der Waals surface area contributed by atoms with Crippen molar-refractivity contribution in [2.45, 2.75) is 12.5 Å². The fraction of sp³-hybridized carbons (Fsp3) is 0.500. The molecule has 1 aliphatic heterocycles. The van der Waals surface area contributed by atoms with Crippen molar-refractivity contribution in [3.8, 4) is 0 Å². The Bertz CT molecular complexity index is 254. The number of nitrogens with two attached hydrogens (primary N) is 1. The SMILES string of the molecule is Cl.N[C@H]1CCN(c2ccncn2)C1. The molecule has 1 fully saturated rings. The molecule has 2 heterocycles. The van der Waals surface area contributed by atoms with Gasteiger partial charge in [0, 0.05) is 25.3 Å². The Morgan fingerprint density at radius 3 is 2.92 bits per heavy atom. The van der Waals surface area contributed by atoms with E-state index in [1.165, 1.54) is 0 Å². The standard InChI is InChI=1S/C8H12N4.ClH/c9-7-2-4-12(5-7)8-1-3-10-6-11-8;/h1,3,6-7H,2,4-5,9H2;1H/t7-;/m0./s1. The van der Waals surface area contributed by atoms with Crippen molar-refractivity contribution in [2.24, 2.45) is 5.73 Å². The van der Waals surface area contributed by atoms with Crippen LogP contribution in [-0.4, -0.2) is 29.1 Å². The summed E-state index contributed by atoms with van der Waals surface area (Å²) in [4.78, 5) is 10.2. The smallest absolute Gasteiger partial charge is 0.131 e. The van der Waals surface area contributed by atoms with Crippen molar-refractivity contribution in [3.63, 3.8) is 0 Å². The highest BCUT2D eigenvalue weighted by Crippen LogP contribution is 2.14. The van der Waals surface area contributed by atoms with E-state index in [1.54, 1.807) is 12.5 Å². The van der Waals surface area contributed by atoms with Crippen LogP contribution in [0.15, 0.2) is 18.6 Å². The summed E-state index contributed by atoms with van der Waals surface area (Å²) in [6, 6.07) is 2.22. The van der Waals surface area contributed by atoms with Gasteiger partial charge in [0.15, 0.2) is 0 Å². The molecular weight excluding hydrogens is 188 g/mol. The molecule has 0 saturated carbocycles. The molecule has 5 heteroatoms. The van der Waals surface area contributed by atoms with Gasteiger partial charge in [0.05, 0.1) is 0 Å². The minimum atomic E-state index is 0. The minimum Gasteiger partial charge on any atom is -0.355 e. The lowest BCUT2D eigenvalue weighted by molar-refractivity contribution is 0.751. The molecule has 2 rings (SSSR count). The average molecular weight is 201 g/mol. The van der Waals surface area contributed by atoms with Crippen molar-refractivity contribution in [1.82, 2.24) is 9.97 Å². The molecule has 0 spiro atoms. The molecule has 1 aromatic heterocycles. The summed E-state index contributed by atoms with van der Waals surface area (Å²) >= 11 is 0. The molecule has 13 heavy (non-hydrogen) atoms. The van der Waals surface area contributed by atoms with Gasteiger partial charge in [-0.2, -0.15) is 0 Å². The normalized spacial score (nSPS) is 21.3. The highest BCUT2D eigenvalue weighted by molar-refractivity contribution is 5.85. The molecule has 0 aromatic carbocycles.